The summed E-state index contributed by atoms with van der Waals surface area (Å²) in [5, 5.41) is 0. The van der Waals surface area contributed by atoms with Gasteiger partial charge in [-0.1, -0.05) is 34.1 Å². The van der Waals surface area contributed by atoms with Crippen LogP contribution in [0.5, 0.6) is 0 Å². The highest BCUT2D eigenvalue weighted by atomic mass is 79.9. The normalized spacial score (nSPS) is 13.4. The Morgan fingerprint density at radius 3 is 2.57 bits per heavy atom. The minimum Gasteiger partial charge on any atom is -0.398 e. The van der Waals surface area contributed by atoms with Gasteiger partial charge in [-0.25, -0.2) is 0 Å². The van der Waals surface area contributed by atoms with Gasteiger partial charge in [0.1, 0.15) is 0 Å². The number of hydrogen-bond acceptors (Lipinski definition) is 4. The van der Waals surface area contributed by atoms with E-state index in [1.807, 2.05) is 6.07 Å². The number of ketones is 1. The summed E-state index contributed by atoms with van der Waals surface area (Å²) in [5.41, 5.74) is 7.78. The van der Waals surface area contributed by atoms with Crippen LogP contribution in [0.25, 0.3) is 0 Å². The Morgan fingerprint density at radius 2 is 1.87 bits per heavy atom. The molecule has 0 radical (unpaired) electrons. The third-order valence-electron chi connectivity index (χ3n) is 3.82. The van der Waals surface area contributed by atoms with Crippen molar-refractivity contribution in [3.8, 4) is 0 Å². The smallest absolute Gasteiger partial charge is 0.263 e. The summed E-state index contributed by atoms with van der Waals surface area (Å²) in [6.45, 7) is 0. The highest BCUT2D eigenvalue weighted by Crippen LogP contribution is 2.29. The summed E-state index contributed by atoms with van der Waals surface area (Å²) in [7, 11) is 1.41. The zero-order chi connectivity index (χ0) is 16.7. The van der Waals surface area contributed by atoms with Crippen molar-refractivity contribution in [2.24, 2.45) is 0 Å². The molecule has 1 heterocycles. The van der Waals surface area contributed by atoms with E-state index in [-0.39, 0.29) is 29.0 Å². The molecule has 0 fully saturated rings. The van der Waals surface area contributed by atoms with Gasteiger partial charge in [-0.15, -0.1) is 0 Å². The number of anilines is 1. The van der Waals surface area contributed by atoms with Crippen LogP contribution in [0.4, 0.5) is 5.69 Å². The summed E-state index contributed by atoms with van der Waals surface area (Å²) < 4.78 is 0.713. The molecule has 23 heavy (non-hydrogen) atoms. The first-order valence-corrected chi connectivity index (χ1v) is 7.72. The number of carbonyl (C=O) groups is 3. The highest BCUT2D eigenvalue weighted by molar-refractivity contribution is 9.10. The van der Waals surface area contributed by atoms with Crippen LogP contribution >= 0.6 is 15.9 Å². The predicted octanol–water partition coefficient (Wildman–Crippen LogP) is 2.68. The third kappa shape index (κ3) is 2.55. The average molecular weight is 373 g/mol. The highest BCUT2D eigenvalue weighted by Gasteiger charge is 2.35. The molecule has 1 aliphatic rings. The van der Waals surface area contributed by atoms with Crippen molar-refractivity contribution in [3.63, 3.8) is 0 Å². The molecule has 2 amide bonds. The number of rotatable bonds is 3. The van der Waals surface area contributed by atoms with Crippen LogP contribution in [0, 0.1) is 0 Å². The minimum absolute atomic E-state index is 0.0954. The lowest BCUT2D eigenvalue weighted by atomic mass is 9.98. The molecule has 0 unspecified atom stereocenters. The maximum Gasteiger partial charge on any atom is 0.263 e. The van der Waals surface area contributed by atoms with Gasteiger partial charge in [0.2, 0.25) is 0 Å². The molecule has 2 N–H and O–H groups in total. The van der Waals surface area contributed by atoms with E-state index in [9.17, 15) is 14.4 Å². The zero-order valence-corrected chi connectivity index (χ0v) is 13.9. The SMILES string of the molecule is CN1C(=O)c2cc(CC(=O)c3ccccc3Br)cc(N)c2C1=O. The standard InChI is InChI=1S/C17H13BrN2O3/c1-20-16(22)11-6-9(7-13(19)15(11)17(20)23)8-14(21)10-4-2-3-5-12(10)18/h2-7H,8,19H2,1H3. The van der Waals surface area contributed by atoms with Crippen LogP contribution in [-0.4, -0.2) is 29.5 Å². The molecule has 116 valence electrons. The van der Waals surface area contributed by atoms with Gasteiger partial charge in [0, 0.05) is 29.2 Å². The number of halogens is 1. The number of carbonyl (C=O) groups excluding carboxylic acids is 3. The molecule has 0 atom stereocenters. The van der Waals surface area contributed by atoms with Gasteiger partial charge in [-0.05, 0) is 23.8 Å². The van der Waals surface area contributed by atoms with E-state index >= 15 is 0 Å². The van der Waals surface area contributed by atoms with Crippen LogP contribution in [0.3, 0.4) is 0 Å². The van der Waals surface area contributed by atoms with Crippen molar-refractivity contribution in [2.75, 3.05) is 12.8 Å². The Hall–Kier alpha value is -2.47. The van der Waals surface area contributed by atoms with Crippen molar-refractivity contribution in [1.82, 2.24) is 4.90 Å². The Balaban J connectivity index is 1.96. The Labute approximate surface area is 141 Å². The molecular formula is C17H13BrN2O3. The Morgan fingerprint density at radius 1 is 1.17 bits per heavy atom. The topological polar surface area (TPSA) is 80.5 Å². The fraction of sp³-hybridized carbons (Fsp3) is 0.118. The molecular weight excluding hydrogens is 360 g/mol. The zero-order valence-electron chi connectivity index (χ0n) is 12.3. The van der Waals surface area contributed by atoms with Crippen LogP contribution in [0.1, 0.15) is 36.6 Å². The van der Waals surface area contributed by atoms with E-state index in [1.165, 1.54) is 7.05 Å². The molecule has 2 aromatic carbocycles. The number of nitrogens with zero attached hydrogens (tertiary/aromatic N) is 1. The van der Waals surface area contributed by atoms with Crippen molar-refractivity contribution in [3.05, 3.63) is 63.1 Å². The maximum atomic E-state index is 12.4. The van der Waals surface area contributed by atoms with Gasteiger partial charge in [0.15, 0.2) is 5.78 Å². The molecule has 6 heteroatoms. The van der Waals surface area contributed by atoms with Gasteiger partial charge >= 0.3 is 0 Å². The van der Waals surface area contributed by atoms with E-state index in [0.29, 0.717) is 15.6 Å². The molecule has 0 bridgehead atoms. The first kappa shape index (κ1) is 15.4. The Bertz CT molecular complexity index is 861. The first-order valence-electron chi connectivity index (χ1n) is 6.92. The number of Topliss-reactive ketones (excluding diaryl/α,β-unsaturated/α-hetero) is 1. The number of nitrogens with two attached hydrogens (primary N) is 1. The van der Waals surface area contributed by atoms with Gasteiger partial charge in [0.05, 0.1) is 11.1 Å². The molecule has 0 saturated carbocycles. The summed E-state index contributed by atoms with van der Waals surface area (Å²) in [6, 6.07) is 10.3. The van der Waals surface area contributed by atoms with E-state index in [2.05, 4.69) is 15.9 Å². The van der Waals surface area contributed by atoms with E-state index in [4.69, 9.17) is 5.73 Å². The number of amides is 2. The van der Waals surface area contributed by atoms with Gasteiger partial charge < -0.3 is 5.73 Å². The number of benzene rings is 2. The molecule has 1 aliphatic heterocycles. The molecule has 0 saturated heterocycles. The largest absolute Gasteiger partial charge is 0.398 e. The first-order chi connectivity index (χ1) is 10.9. The monoisotopic (exact) mass is 372 g/mol. The molecule has 5 nitrogen and oxygen atoms in total. The number of imide groups is 1. The lowest BCUT2D eigenvalue weighted by molar-refractivity contribution is 0.0693. The van der Waals surface area contributed by atoms with Gasteiger partial charge in [-0.3, -0.25) is 19.3 Å². The third-order valence-corrected chi connectivity index (χ3v) is 4.51. The van der Waals surface area contributed by atoms with Crippen molar-refractivity contribution in [1.29, 1.82) is 0 Å². The van der Waals surface area contributed by atoms with Crippen LogP contribution in [0.2, 0.25) is 0 Å². The molecule has 3 rings (SSSR count). The predicted molar refractivity (Wildman–Crippen MR) is 89.5 cm³/mol. The lowest BCUT2D eigenvalue weighted by Crippen LogP contribution is -2.24. The molecule has 0 aromatic heterocycles. The lowest BCUT2D eigenvalue weighted by Gasteiger charge is -2.07. The number of nitrogen functional groups attached to an aromatic ring is 1. The van der Waals surface area contributed by atoms with Gasteiger partial charge in [0.25, 0.3) is 11.8 Å². The molecule has 2 aromatic rings. The quantitative estimate of drug-likeness (QED) is 0.510. The number of fused-ring (bicyclic) bond motifs is 1. The second-order valence-corrected chi connectivity index (χ2v) is 6.21. The van der Waals surface area contributed by atoms with Crippen LogP contribution in [0.15, 0.2) is 40.9 Å². The second kappa shape index (κ2) is 5.62. The summed E-state index contributed by atoms with van der Waals surface area (Å²) in [5.74, 6) is -0.903. The number of hydrogen-bond donors (Lipinski definition) is 1. The summed E-state index contributed by atoms with van der Waals surface area (Å²) in [4.78, 5) is 37.5. The maximum absolute atomic E-state index is 12.4. The Kier molecular flexibility index (Phi) is 3.77. The van der Waals surface area contributed by atoms with Crippen LogP contribution < -0.4 is 5.73 Å². The summed E-state index contributed by atoms with van der Waals surface area (Å²) in [6.07, 6.45) is 0.102. The average Bonchev–Trinajstić information content (AvgIpc) is 2.72. The fourth-order valence-corrected chi connectivity index (χ4v) is 3.15. The molecule has 0 spiro atoms. The van der Waals surface area contributed by atoms with Gasteiger partial charge in [-0.2, -0.15) is 0 Å². The summed E-state index contributed by atoms with van der Waals surface area (Å²) >= 11 is 3.35. The van der Waals surface area contributed by atoms with Crippen molar-refractivity contribution in [2.45, 2.75) is 6.42 Å². The van der Waals surface area contributed by atoms with Crippen LogP contribution in [-0.2, 0) is 6.42 Å². The second-order valence-electron chi connectivity index (χ2n) is 5.36. The van der Waals surface area contributed by atoms with E-state index in [0.717, 1.165) is 4.90 Å². The molecule has 0 aliphatic carbocycles. The fourth-order valence-electron chi connectivity index (χ4n) is 2.64. The van der Waals surface area contributed by atoms with E-state index < -0.39 is 11.8 Å². The van der Waals surface area contributed by atoms with Crippen molar-refractivity contribution >= 4 is 39.2 Å². The minimum atomic E-state index is -0.411. The van der Waals surface area contributed by atoms with Crippen molar-refractivity contribution < 1.29 is 14.4 Å². The van der Waals surface area contributed by atoms with E-state index in [1.54, 1.807) is 30.3 Å².